The molecule has 1 unspecified atom stereocenters. The van der Waals surface area contributed by atoms with Gasteiger partial charge in [0.05, 0.1) is 5.38 Å². The molecular formula is C18H18ClF2NO. The first-order chi connectivity index (χ1) is 11.1. The average molecular weight is 338 g/mol. The third-order valence-corrected chi connectivity index (χ3v) is 4.36. The zero-order chi connectivity index (χ0) is 16.4. The maximum Gasteiger partial charge on any atom is 0.221 e. The highest BCUT2D eigenvalue weighted by Crippen LogP contribution is 2.35. The molecule has 1 aromatic heterocycles. The Balaban J connectivity index is 1.98. The van der Waals surface area contributed by atoms with Crippen LogP contribution in [0.15, 0.2) is 30.5 Å². The summed E-state index contributed by atoms with van der Waals surface area (Å²) in [4.78, 5) is 4.24. The third-order valence-electron chi connectivity index (χ3n) is 4.14. The van der Waals surface area contributed by atoms with E-state index in [1.165, 1.54) is 12.1 Å². The molecule has 0 N–H and O–H groups in total. The lowest BCUT2D eigenvalue weighted by molar-refractivity contribution is 0.202. The van der Waals surface area contributed by atoms with Crippen molar-refractivity contribution in [2.24, 2.45) is 0 Å². The van der Waals surface area contributed by atoms with Crippen molar-refractivity contribution in [2.75, 3.05) is 0 Å². The minimum atomic E-state index is -0.729. The van der Waals surface area contributed by atoms with Gasteiger partial charge in [0.2, 0.25) is 5.88 Å². The van der Waals surface area contributed by atoms with Gasteiger partial charge in [0.1, 0.15) is 17.7 Å². The highest BCUT2D eigenvalue weighted by molar-refractivity contribution is 6.20. The van der Waals surface area contributed by atoms with E-state index in [4.69, 9.17) is 16.3 Å². The third kappa shape index (κ3) is 3.47. The van der Waals surface area contributed by atoms with Crippen LogP contribution in [0, 0.1) is 11.6 Å². The second-order valence-corrected chi connectivity index (χ2v) is 6.50. The Morgan fingerprint density at radius 2 is 1.87 bits per heavy atom. The van der Waals surface area contributed by atoms with Crippen molar-refractivity contribution >= 4 is 11.6 Å². The van der Waals surface area contributed by atoms with Crippen LogP contribution in [0.2, 0.25) is 0 Å². The fourth-order valence-electron chi connectivity index (χ4n) is 2.99. The topological polar surface area (TPSA) is 22.1 Å². The Morgan fingerprint density at radius 1 is 1.22 bits per heavy atom. The van der Waals surface area contributed by atoms with Crippen LogP contribution in [-0.2, 0) is 0 Å². The number of hydrogen-bond donors (Lipinski definition) is 0. The Morgan fingerprint density at radius 3 is 2.48 bits per heavy atom. The summed E-state index contributed by atoms with van der Waals surface area (Å²) in [5.41, 5.74) is 0.880. The van der Waals surface area contributed by atoms with E-state index in [0.29, 0.717) is 17.0 Å². The molecule has 0 radical (unpaired) electrons. The quantitative estimate of drug-likeness (QED) is 0.673. The Hall–Kier alpha value is -1.68. The molecule has 23 heavy (non-hydrogen) atoms. The zero-order valence-electron chi connectivity index (χ0n) is 12.9. The molecule has 1 aliphatic rings. The van der Waals surface area contributed by atoms with Gasteiger partial charge in [-0.05, 0) is 62.4 Å². The van der Waals surface area contributed by atoms with Crippen LogP contribution in [0.1, 0.15) is 43.5 Å². The van der Waals surface area contributed by atoms with Crippen molar-refractivity contribution in [2.45, 2.75) is 44.1 Å². The molecule has 1 fully saturated rings. The summed E-state index contributed by atoms with van der Waals surface area (Å²) in [6.07, 6.45) is 6.00. The van der Waals surface area contributed by atoms with Gasteiger partial charge in [0, 0.05) is 17.3 Å². The van der Waals surface area contributed by atoms with E-state index in [0.717, 1.165) is 25.7 Å². The highest BCUT2D eigenvalue weighted by atomic mass is 35.5. The molecule has 122 valence electrons. The fourth-order valence-corrected chi connectivity index (χ4v) is 3.20. The smallest absolute Gasteiger partial charge is 0.221 e. The predicted molar refractivity (Wildman–Crippen MR) is 86.7 cm³/mol. The Kier molecular flexibility index (Phi) is 4.81. The van der Waals surface area contributed by atoms with Crippen LogP contribution < -0.4 is 4.74 Å². The van der Waals surface area contributed by atoms with Crippen LogP contribution in [-0.4, -0.2) is 11.1 Å². The minimum Gasteiger partial charge on any atom is -0.474 e. The number of pyridine rings is 1. The lowest BCUT2D eigenvalue weighted by Gasteiger charge is -2.16. The van der Waals surface area contributed by atoms with Crippen LogP contribution in [0.5, 0.6) is 5.88 Å². The molecule has 0 spiro atoms. The number of aromatic nitrogens is 1. The van der Waals surface area contributed by atoms with Crippen molar-refractivity contribution < 1.29 is 13.5 Å². The second-order valence-electron chi connectivity index (χ2n) is 5.85. The monoisotopic (exact) mass is 337 g/mol. The number of hydrogen-bond acceptors (Lipinski definition) is 2. The summed E-state index contributed by atoms with van der Waals surface area (Å²) in [7, 11) is 0. The maximum absolute atomic E-state index is 14.2. The molecule has 0 bridgehead atoms. The lowest BCUT2D eigenvalue weighted by atomic mass is 10.0. The number of rotatable bonds is 4. The number of halogens is 3. The Bertz CT molecular complexity index is 676. The van der Waals surface area contributed by atoms with Gasteiger partial charge in [-0.15, -0.1) is 11.6 Å². The minimum absolute atomic E-state index is 0.113. The van der Waals surface area contributed by atoms with Crippen LogP contribution in [0.25, 0.3) is 11.1 Å². The van der Waals surface area contributed by atoms with E-state index >= 15 is 0 Å². The molecule has 1 heterocycles. The fraction of sp³-hybridized carbons (Fsp3) is 0.389. The van der Waals surface area contributed by atoms with Gasteiger partial charge in [0.15, 0.2) is 0 Å². The first-order valence-corrected chi connectivity index (χ1v) is 8.25. The molecule has 2 aromatic rings. The molecule has 0 amide bonds. The van der Waals surface area contributed by atoms with Crippen LogP contribution in [0.3, 0.4) is 0 Å². The average Bonchev–Trinajstić information content (AvgIpc) is 2.99. The number of ether oxygens (including phenoxy) is 1. The maximum atomic E-state index is 14.2. The molecule has 1 aromatic carbocycles. The summed E-state index contributed by atoms with van der Waals surface area (Å²) >= 11 is 5.84. The molecule has 1 aliphatic carbocycles. The van der Waals surface area contributed by atoms with Gasteiger partial charge in [-0.25, -0.2) is 13.8 Å². The summed E-state index contributed by atoms with van der Waals surface area (Å²) in [5.74, 6) is -0.888. The van der Waals surface area contributed by atoms with E-state index in [2.05, 4.69) is 4.98 Å². The van der Waals surface area contributed by atoms with Gasteiger partial charge >= 0.3 is 0 Å². The summed E-state index contributed by atoms with van der Waals surface area (Å²) < 4.78 is 34.3. The van der Waals surface area contributed by atoms with Crippen molar-refractivity contribution in [3.8, 4) is 17.0 Å². The molecule has 0 aliphatic heterocycles. The molecule has 5 heteroatoms. The standard InChI is InChI=1S/C18H18ClF2NO/c1-11(19)17-15(20)9-12(10-16(17)21)14-7-4-8-22-18(14)23-13-5-2-3-6-13/h4,7-11,13H,2-3,5-6H2,1H3. The van der Waals surface area contributed by atoms with Crippen molar-refractivity contribution in [3.05, 3.63) is 47.7 Å². The van der Waals surface area contributed by atoms with Gasteiger partial charge in [-0.3, -0.25) is 0 Å². The first-order valence-electron chi connectivity index (χ1n) is 7.81. The molecule has 2 nitrogen and oxygen atoms in total. The van der Waals surface area contributed by atoms with E-state index in [-0.39, 0.29) is 11.7 Å². The van der Waals surface area contributed by atoms with Crippen molar-refractivity contribution in [1.29, 1.82) is 0 Å². The van der Waals surface area contributed by atoms with E-state index < -0.39 is 17.0 Å². The number of alkyl halides is 1. The zero-order valence-corrected chi connectivity index (χ0v) is 13.6. The Labute approximate surface area is 139 Å². The van der Waals surface area contributed by atoms with Gasteiger partial charge in [0.25, 0.3) is 0 Å². The second kappa shape index (κ2) is 6.83. The predicted octanol–water partition coefficient (Wildman–Crippen LogP) is 5.65. The van der Waals surface area contributed by atoms with E-state index in [1.54, 1.807) is 25.3 Å². The van der Waals surface area contributed by atoms with E-state index in [1.807, 2.05) is 0 Å². The SMILES string of the molecule is CC(Cl)c1c(F)cc(-c2cccnc2OC2CCCC2)cc1F. The van der Waals surface area contributed by atoms with Gasteiger partial charge in [-0.1, -0.05) is 0 Å². The van der Waals surface area contributed by atoms with Gasteiger partial charge < -0.3 is 4.74 Å². The highest BCUT2D eigenvalue weighted by Gasteiger charge is 2.21. The normalized spacial score (nSPS) is 16.5. The van der Waals surface area contributed by atoms with Crippen LogP contribution in [0.4, 0.5) is 8.78 Å². The lowest BCUT2D eigenvalue weighted by Crippen LogP contribution is -2.12. The summed E-state index contributed by atoms with van der Waals surface area (Å²) in [6.45, 7) is 1.54. The van der Waals surface area contributed by atoms with Crippen LogP contribution >= 0.6 is 11.6 Å². The summed E-state index contributed by atoms with van der Waals surface area (Å²) in [5, 5.41) is -0.729. The summed E-state index contributed by atoms with van der Waals surface area (Å²) in [6, 6.07) is 6.06. The van der Waals surface area contributed by atoms with E-state index in [9.17, 15) is 8.78 Å². The molecule has 0 saturated heterocycles. The van der Waals surface area contributed by atoms with Crippen molar-refractivity contribution in [1.82, 2.24) is 4.98 Å². The number of nitrogens with zero attached hydrogens (tertiary/aromatic N) is 1. The van der Waals surface area contributed by atoms with Gasteiger partial charge in [-0.2, -0.15) is 0 Å². The molecule has 1 saturated carbocycles. The first kappa shape index (κ1) is 16.2. The molecule has 3 rings (SSSR count). The molecule has 1 atom stereocenters. The largest absolute Gasteiger partial charge is 0.474 e. The number of benzene rings is 1. The van der Waals surface area contributed by atoms with Crippen molar-refractivity contribution in [3.63, 3.8) is 0 Å². The molecular weight excluding hydrogens is 320 g/mol.